The van der Waals surface area contributed by atoms with Gasteiger partial charge in [0.2, 0.25) is 0 Å². The molecule has 0 amide bonds. The van der Waals surface area contributed by atoms with Gasteiger partial charge in [0.25, 0.3) is 0 Å². The summed E-state index contributed by atoms with van der Waals surface area (Å²) in [6.07, 6.45) is 2.60. The molecule has 0 aromatic heterocycles. The Kier molecular flexibility index (Phi) is 4.01. The minimum atomic E-state index is -1.07. The second-order valence-corrected chi connectivity index (χ2v) is 5.29. The van der Waals surface area contributed by atoms with E-state index in [1.165, 1.54) is 6.92 Å². The molecule has 1 saturated heterocycles. The zero-order valence-corrected chi connectivity index (χ0v) is 11.4. The van der Waals surface area contributed by atoms with Crippen LogP contribution in [0.3, 0.4) is 0 Å². The molecule has 3 nitrogen and oxygen atoms in total. The molecule has 1 aliphatic heterocycles. The van der Waals surface area contributed by atoms with Crippen molar-refractivity contribution in [3.05, 3.63) is 35.9 Å². The van der Waals surface area contributed by atoms with E-state index in [9.17, 15) is 10.1 Å². The first-order valence-corrected chi connectivity index (χ1v) is 6.72. The van der Waals surface area contributed by atoms with Crippen LogP contribution in [0.1, 0.15) is 38.7 Å². The van der Waals surface area contributed by atoms with Crippen molar-refractivity contribution < 1.29 is 9.53 Å². The highest BCUT2D eigenvalue weighted by Gasteiger charge is 2.41. The summed E-state index contributed by atoms with van der Waals surface area (Å²) in [5.41, 5.74) is -0.302. The van der Waals surface area contributed by atoms with Crippen molar-refractivity contribution in [3.63, 3.8) is 0 Å². The number of ketones is 1. The first-order chi connectivity index (χ1) is 9.08. The molecular weight excluding hydrogens is 238 g/mol. The van der Waals surface area contributed by atoms with Crippen LogP contribution in [-0.2, 0) is 14.9 Å². The van der Waals surface area contributed by atoms with Gasteiger partial charge in [0.1, 0.15) is 5.41 Å². The number of benzene rings is 1. The molecule has 1 aliphatic rings. The van der Waals surface area contributed by atoms with Crippen LogP contribution in [0.5, 0.6) is 0 Å². The van der Waals surface area contributed by atoms with Gasteiger partial charge >= 0.3 is 0 Å². The van der Waals surface area contributed by atoms with Gasteiger partial charge in [0.15, 0.2) is 5.78 Å². The number of ether oxygens (including phenoxy) is 1. The summed E-state index contributed by atoms with van der Waals surface area (Å²) in [5.74, 6) is -0.107. The second kappa shape index (κ2) is 5.54. The minimum absolute atomic E-state index is 0.00115. The van der Waals surface area contributed by atoms with Gasteiger partial charge in [-0.15, -0.1) is 0 Å². The van der Waals surface area contributed by atoms with Crippen molar-refractivity contribution in [2.75, 3.05) is 0 Å². The van der Waals surface area contributed by atoms with Gasteiger partial charge in [-0.3, -0.25) is 4.79 Å². The molecule has 0 spiro atoms. The predicted molar refractivity (Wildman–Crippen MR) is 72.6 cm³/mol. The lowest BCUT2D eigenvalue weighted by molar-refractivity contribution is -0.121. The zero-order chi connectivity index (χ0) is 13.9. The molecule has 1 fully saturated rings. The van der Waals surface area contributed by atoms with Crippen LogP contribution in [0.4, 0.5) is 0 Å². The fraction of sp³-hybridized carbons (Fsp3) is 0.500. The summed E-state index contributed by atoms with van der Waals surface area (Å²) in [4.78, 5) is 12.1. The summed E-state index contributed by atoms with van der Waals surface area (Å²) in [7, 11) is 0. The van der Waals surface area contributed by atoms with E-state index in [4.69, 9.17) is 4.74 Å². The Balaban J connectivity index is 2.31. The van der Waals surface area contributed by atoms with Crippen molar-refractivity contribution in [2.45, 2.75) is 50.7 Å². The highest BCUT2D eigenvalue weighted by atomic mass is 16.5. The van der Waals surface area contributed by atoms with Crippen LogP contribution in [-0.4, -0.2) is 18.0 Å². The van der Waals surface area contributed by atoms with Crippen LogP contribution < -0.4 is 0 Å². The Labute approximate surface area is 114 Å². The summed E-state index contributed by atoms with van der Waals surface area (Å²) in [5, 5.41) is 9.60. The molecule has 0 bridgehead atoms. The molecule has 1 aromatic rings. The number of nitrogens with zero attached hydrogens (tertiary/aromatic N) is 1. The van der Waals surface area contributed by atoms with E-state index in [0.29, 0.717) is 6.42 Å². The first kappa shape index (κ1) is 13.8. The number of carbonyl (C=O) groups is 1. The standard InChI is InChI=1S/C16H19NO2/c1-12-8-9-15(19-12)10-16(11-17,13(2)18)14-6-4-3-5-7-14/h3-7,12,15H,8-10H2,1-2H3. The largest absolute Gasteiger partial charge is 0.375 e. The third kappa shape index (κ3) is 2.69. The maximum atomic E-state index is 12.1. The topological polar surface area (TPSA) is 50.1 Å². The van der Waals surface area contributed by atoms with Crippen LogP contribution >= 0.6 is 0 Å². The molecule has 2 rings (SSSR count). The van der Waals surface area contributed by atoms with E-state index in [1.54, 1.807) is 0 Å². The van der Waals surface area contributed by atoms with Gasteiger partial charge in [-0.1, -0.05) is 30.3 Å². The third-order valence-corrected chi connectivity index (χ3v) is 3.91. The summed E-state index contributed by atoms with van der Waals surface area (Å²) in [6.45, 7) is 3.53. The molecule has 100 valence electrons. The lowest BCUT2D eigenvalue weighted by Gasteiger charge is -2.27. The number of hydrogen-bond acceptors (Lipinski definition) is 3. The van der Waals surface area contributed by atoms with Crippen LogP contribution in [0.25, 0.3) is 0 Å². The third-order valence-electron chi connectivity index (χ3n) is 3.91. The zero-order valence-electron chi connectivity index (χ0n) is 11.4. The molecule has 0 radical (unpaired) electrons. The lowest BCUT2D eigenvalue weighted by atomic mass is 9.74. The predicted octanol–water partition coefficient (Wildman–Crippen LogP) is 2.99. The summed E-state index contributed by atoms with van der Waals surface area (Å²) >= 11 is 0. The van der Waals surface area contributed by atoms with Crippen LogP contribution in [0.15, 0.2) is 30.3 Å². The van der Waals surface area contributed by atoms with E-state index >= 15 is 0 Å². The summed E-state index contributed by atoms with van der Waals surface area (Å²) in [6, 6.07) is 11.6. The Morgan fingerprint density at radius 1 is 1.42 bits per heavy atom. The fourth-order valence-electron chi connectivity index (χ4n) is 2.75. The van der Waals surface area contributed by atoms with Crippen molar-refractivity contribution in [1.82, 2.24) is 0 Å². The maximum Gasteiger partial charge on any atom is 0.154 e. The maximum absolute atomic E-state index is 12.1. The van der Waals surface area contributed by atoms with Gasteiger partial charge in [0.05, 0.1) is 18.3 Å². The van der Waals surface area contributed by atoms with Crippen molar-refractivity contribution in [1.29, 1.82) is 5.26 Å². The number of hydrogen-bond donors (Lipinski definition) is 0. The first-order valence-electron chi connectivity index (χ1n) is 6.72. The van der Waals surface area contributed by atoms with E-state index in [0.717, 1.165) is 18.4 Å². The molecule has 3 unspecified atom stereocenters. The highest BCUT2D eigenvalue weighted by molar-refractivity contribution is 5.91. The average molecular weight is 257 g/mol. The normalized spacial score (nSPS) is 25.5. The van der Waals surface area contributed by atoms with Gasteiger partial charge < -0.3 is 4.74 Å². The molecule has 0 aliphatic carbocycles. The van der Waals surface area contributed by atoms with Gasteiger partial charge in [-0.05, 0) is 32.3 Å². The van der Waals surface area contributed by atoms with E-state index in [1.807, 2.05) is 37.3 Å². The van der Waals surface area contributed by atoms with E-state index in [-0.39, 0.29) is 18.0 Å². The molecule has 1 aromatic carbocycles. The van der Waals surface area contributed by atoms with Crippen LogP contribution in [0, 0.1) is 11.3 Å². The molecule has 3 heteroatoms. The molecule has 19 heavy (non-hydrogen) atoms. The SMILES string of the molecule is CC(=O)C(C#N)(CC1CCC(C)O1)c1ccccc1. The molecule has 3 atom stereocenters. The van der Waals surface area contributed by atoms with Crippen molar-refractivity contribution >= 4 is 5.78 Å². The molecular formula is C16H19NO2. The Hall–Kier alpha value is -1.66. The smallest absolute Gasteiger partial charge is 0.154 e. The van der Waals surface area contributed by atoms with Crippen molar-refractivity contribution in [3.8, 4) is 6.07 Å². The fourth-order valence-corrected chi connectivity index (χ4v) is 2.75. The van der Waals surface area contributed by atoms with E-state index < -0.39 is 5.41 Å². The van der Waals surface area contributed by atoms with Gasteiger partial charge in [-0.25, -0.2) is 0 Å². The second-order valence-electron chi connectivity index (χ2n) is 5.29. The Morgan fingerprint density at radius 2 is 2.11 bits per heavy atom. The summed E-state index contributed by atoms with van der Waals surface area (Å²) < 4.78 is 5.79. The Bertz CT molecular complexity index is 491. The van der Waals surface area contributed by atoms with Gasteiger partial charge in [0, 0.05) is 6.42 Å². The number of rotatable bonds is 4. The molecule has 0 N–H and O–H groups in total. The molecule has 0 saturated carbocycles. The quantitative estimate of drug-likeness (QED) is 0.833. The van der Waals surface area contributed by atoms with Crippen molar-refractivity contribution in [2.24, 2.45) is 0 Å². The number of carbonyl (C=O) groups excluding carboxylic acids is 1. The van der Waals surface area contributed by atoms with E-state index in [2.05, 4.69) is 6.07 Å². The monoisotopic (exact) mass is 257 g/mol. The minimum Gasteiger partial charge on any atom is -0.375 e. The molecule has 1 heterocycles. The van der Waals surface area contributed by atoms with Crippen LogP contribution in [0.2, 0.25) is 0 Å². The number of nitriles is 1. The number of Topliss-reactive ketones (excluding diaryl/α,β-unsaturated/α-hetero) is 1. The highest BCUT2D eigenvalue weighted by Crippen LogP contribution is 2.35. The lowest BCUT2D eigenvalue weighted by Crippen LogP contribution is -2.36. The van der Waals surface area contributed by atoms with Gasteiger partial charge in [-0.2, -0.15) is 5.26 Å². The average Bonchev–Trinajstić information content (AvgIpc) is 2.82. The Morgan fingerprint density at radius 3 is 2.58 bits per heavy atom.